The van der Waals surface area contributed by atoms with Gasteiger partial charge in [0, 0.05) is 6.54 Å². The number of methoxy groups -OCH3 is 1. The van der Waals surface area contributed by atoms with Gasteiger partial charge in [-0.3, -0.25) is 4.79 Å². The number of amides is 1. The average molecular weight is 302 g/mol. The molecule has 4 nitrogen and oxygen atoms in total. The summed E-state index contributed by atoms with van der Waals surface area (Å²) in [5.41, 5.74) is 3.70. The molecule has 21 heavy (non-hydrogen) atoms. The second kappa shape index (κ2) is 5.85. The standard InChI is InChI=1S/C16H18N2O2S/c1-11-15(21-10-17-11)16(19)18-8-4-7-14(18)12-5-3-6-13(9-12)20-2/h3,5-6,9-10,14H,4,7-8H2,1-2H3. The van der Waals surface area contributed by atoms with Gasteiger partial charge in [-0.1, -0.05) is 12.1 Å². The Morgan fingerprint density at radius 3 is 3.05 bits per heavy atom. The summed E-state index contributed by atoms with van der Waals surface area (Å²) in [6.45, 7) is 2.69. The highest BCUT2D eigenvalue weighted by Crippen LogP contribution is 2.35. The van der Waals surface area contributed by atoms with Crippen LogP contribution in [0, 0.1) is 6.92 Å². The van der Waals surface area contributed by atoms with Crippen molar-refractivity contribution in [3.05, 3.63) is 45.9 Å². The smallest absolute Gasteiger partial charge is 0.266 e. The molecular formula is C16H18N2O2S. The summed E-state index contributed by atoms with van der Waals surface area (Å²) in [7, 11) is 1.66. The lowest BCUT2D eigenvalue weighted by Gasteiger charge is -2.25. The van der Waals surface area contributed by atoms with Gasteiger partial charge in [0.05, 0.1) is 24.4 Å². The van der Waals surface area contributed by atoms with Crippen LogP contribution in [0.15, 0.2) is 29.8 Å². The predicted molar refractivity (Wildman–Crippen MR) is 82.9 cm³/mol. The Kier molecular flexibility index (Phi) is 3.92. The molecule has 1 atom stereocenters. The van der Waals surface area contributed by atoms with Crippen molar-refractivity contribution in [2.24, 2.45) is 0 Å². The number of likely N-dealkylation sites (tertiary alicyclic amines) is 1. The van der Waals surface area contributed by atoms with Crippen molar-refractivity contribution in [3.8, 4) is 5.75 Å². The molecule has 1 amide bonds. The molecule has 2 heterocycles. The van der Waals surface area contributed by atoms with E-state index in [9.17, 15) is 4.79 Å². The van der Waals surface area contributed by atoms with Gasteiger partial charge >= 0.3 is 0 Å². The van der Waals surface area contributed by atoms with E-state index in [1.165, 1.54) is 11.3 Å². The maximum Gasteiger partial charge on any atom is 0.266 e. The molecule has 0 N–H and O–H groups in total. The first-order valence-corrected chi connectivity index (χ1v) is 7.93. The SMILES string of the molecule is COc1cccc(C2CCCN2C(=O)c2scnc2C)c1. The van der Waals surface area contributed by atoms with Crippen molar-refractivity contribution in [2.45, 2.75) is 25.8 Å². The van der Waals surface area contributed by atoms with Crippen LogP contribution in [-0.2, 0) is 0 Å². The van der Waals surface area contributed by atoms with Crippen LogP contribution >= 0.6 is 11.3 Å². The summed E-state index contributed by atoms with van der Waals surface area (Å²) in [5.74, 6) is 0.932. The van der Waals surface area contributed by atoms with E-state index in [2.05, 4.69) is 11.1 Å². The van der Waals surface area contributed by atoms with E-state index >= 15 is 0 Å². The lowest BCUT2D eigenvalue weighted by Crippen LogP contribution is -2.30. The number of thiazole rings is 1. The van der Waals surface area contributed by atoms with Crippen LogP contribution in [0.1, 0.15) is 39.8 Å². The van der Waals surface area contributed by atoms with Crippen LogP contribution < -0.4 is 4.74 Å². The maximum atomic E-state index is 12.7. The number of carbonyl (C=O) groups is 1. The number of hydrogen-bond donors (Lipinski definition) is 0. The molecule has 1 aromatic heterocycles. The van der Waals surface area contributed by atoms with Crippen LogP contribution in [0.5, 0.6) is 5.75 Å². The second-order valence-electron chi connectivity index (χ2n) is 5.20. The van der Waals surface area contributed by atoms with E-state index in [1.807, 2.05) is 30.0 Å². The molecule has 0 radical (unpaired) electrons. The first-order valence-electron chi connectivity index (χ1n) is 7.05. The Morgan fingerprint density at radius 2 is 2.33 bits per heavy atom. The van der Waals surface area contributed by atoms with Gasteiger partial charge in [0.2, 0.25) is 0 Å². The number of benzene rings is 1. The van der Waals surface area contributed by atoms with Crippen LogP contribution in [0.4, 0.5) is 0 Å². The summed E-state index contributed by atoms with van der Waals surface area (Å²) in [4.78, 5) is 19.6. The molecule has 0 spiro atoms. The third-order valence-corrected chi connectivity index (χ3v) is 4.85. The molecule has 1 aromatic carbocycles. The van der Waals surface area contributed by atoms with Crippen molar-refractivity contribution in [1.29, 1.82) is 0 Å². The largest absolute Gasteiger partial charge is 0.497 e. The van der Waals surface area contributed by atoms with Gasteiger partial charge in [-0.25, -0.2) is 4.98 Å². The van der Waals surface area contributed by atoms with Crippen molar-refractivity contribution < 1.29 is 9.53 Å². The van der Waals surface area contributed by atoms with Gasteiger partial charge in [-0.2, -0.15) is 0 Å². The van der Waals surface area contributed by atoms with E-state index in [0.717, 1.165) is 41.3 Å². The number of rotatable bonds is 3. The average Bonchev–Trinajstić information content (AvgIpc) is 3.15. The Balaban J connectivity index is 1.88. The number of carbonyl (C=O) groups excluding carboxylic acids is 1. The third kappa shape index (κ3) is 2.65. The zero-order valence-corrected chi connectivity index (χ0v) is 13.0. The minimum Gasteiger partial charge on any atom is -0.497 e. The highest BCUT2D eigenvalue weighted by Gasteiger charge is 2.32. The first-order chi connectivity index (χ1) is 10.2. The molecule has 0 bridgehead atoms. The molecule has 1 aliphatic heterocycles. The van der Waals surface area contributed by atoms with E-state index in [1.54, 1.807) is 12.6 Å². The van der Waals surface area contributed by atoms with E-state index in [-0.39, 0.29) is 11.9 Å². The van der Waals surface area contributed by atoms with Crippen molar-refractivity contribution in [3.63, 3.8) is 0 Å². The van der Waals surface area contributed by atoms with Crippen molar-refractivity contribution >= 4 is 17.2 Å². The monoisotopic (exact) mass is 302 g/mol. The van der Waals surface area contributed by atoms with Crippen LogP contribution in [-0.4, -0.2) is 29.4 Å². The minimum absolute atomic E-state index is 0.0975. The number of aryl methyl sites for hydroxylation is 1. The zero-order valence-electron chi connectivity index (χ0n) is 12.2. The molecular weight excluding hydrogens is 284 g/mol. The first kappa shape index (κ1) is 14.1. The predicted octanol–water partition coefficient (Wildman–Crippen LogP) is 3.44. The summed E-state index contributed by atoms with van der Waals surface area (Å²) in [5, 5.41) is 0. The van der Waals surface area contributed by atoms with Crippen molar-refractivity contribution in [2.75, 3.05) is 13.7 Å². The Hall–Kier alpha value is -1.88. The maximum absolute atomic E-state index is 12.7. The zero-order chi connectivity index (χ0) is 14.8. The fourth-order valence-electron chi connectivity index (χ4n) is 2.84. The normalized spacial score (nSPS) is 18.0. The van der Waals surface area contributed by atoms with Crippen LogP contribution in [0.25, 0.3) is 0 Å². The Bertz CT molecular complexity index is 653. The lowest BCUT2D eigenvalue weighted by molar-refractivity contribution is 0.0739. The number of nitrogens with zero attached hydrogens (tertiary/aromatic N) is 2. The number of ether oxygens (including phenoxy) is 1. The second-order valence-corrected chi connectivity index (χ2v) is 6.05. The van der Waals surface area contributed by atoms with Gasteiger partial charge in [0.1, 0.15) is 10.6 Å². The van der Waals surface area contributed by atoms with Crippen LogP contribution in [0.3, 0.4) is 0 Å². The fraction of sp³-hybridized carbons (Fsp3) is 0.375. The summed E-state index contributed by atoms with van der Waals surface area (Å²) in [6.07, 6.45) is 2.03. The molecule has 1 fully saturated rings. The van der Waals surface area contributed by atoms with E-state index in [4.69, 9.17) is 4.74 Å². The van der Waals surface area contributed by atoms with Crippen molar-refractivity contribution in [1.82, 2.24) is 9.88 Å². The molecule has 110 valence electrons. The molecule has 0 saturated carbocycles. The highest BCUT2D eigenvalue weighted by atomic mass is 32.1. The van der Waals surface area contributed by atoms with Gasteiger partial charge in [0.25, 0.3) is 5.91 Å². The number of hydrogen-bond acceptors (Lipinski definition) is 4. The van der Waals surface area contributed by atoms with Gasteiger partial charge in [-0.05, 0) is 37.5 Å². The molecule has 5 heteroatoms. The molecule has 3 rings (SSSR count). The van der Waals surface area contributed by atoms with Gasteiger partial charge in [-0.15, -0.1) is 11.3 Å². The molecule has 2 aromatic rings. The highest BCUT2D eigenvalue weighted by molar-refractivity contribution is 7.11. The molecule has 1 saturated heterocycles. The molecule has 1 unspecified atom stereocenters. The summed E-state index contributed by atoms with van der Waals surface area (Å²) >= 11 is 1.42. The minimum atomic E-state index is 0.0975. The summed E-state index contributed by atoms with van der Waals surface area (Å²) in [6, 6.07) is 8.13. The number of aromatic nitrogens is 1. The fourth-order valence-corrected chi connectivity index (χ4v) is 3.60. The summed E-state index contributed by atoms with van der Waals surface area (Å²) < 4.78 is 5.29. The van der Waals surface area contributed by atoms with Crippen LogP contribution in [0.2, 0.25) is 0 Å². The molecule has 1 aliphatic rings. The Morgan fingerprint density at radius 1 is 1.48 bits per heavy atom. The quantitative estimate of drug-likeness (QED) is 0.872. The van der Waals surface area contributed by atoms with Gasteiger partial charge in [0.15, 0.2) is 0 Å². The topological polar surface area (TPSA) is 42.4 Å². The van der Waals surface area contributed by atoms with E-state index < -0.39 is 0 Å². The van der Waals surface area contributed by atoms with E-state index in [0.29, 0.717) is 0 Å². The third-order valence-electron chi connectivity index (χ3n) is 3.93. The van der Waals surface area contributed by atoms with Gasteiger partial charge < -0.3 is 9.64 Å². The Labute approximate surface area is 128 Å². The molecule has 0 aliphatic carbocycles. The lowest BCUT2D eigenvalue weighted by atomic mass is 10.0.